The van der Waals surface area contributed by atoms with Gasteiger partial charge in [0.05, 0.1) is 5.69 Å². The maximum absolute atomic E-state index is 11.2. The normalized spacial score (nSPS) is 19.3. The minimum absolute atomic E-state index is 0.222. The number of nitrogen functional groups attached to an aromatic ring is 1. The summed E-state index contributed by atoms with van der Waals surface area (Å²) in [7, 11) is 0. The lowest BCUT2D eigenvalue weighted by atomic mass is 10.2. The Morgan fingerprint density at radius 1 is 1.65 bits per heavy atom. The van der Waals surface area contributed by atoms with Crippen LogP contribution in [-0.4, -0.2) is 19.0 Å². The zero-order valence-corrected chi connectivity index (χ0v) is 10.4. The van der Waals surface area contributed by atoms with Crippen LogP contribution in [0.1, 0.15) is 28.6 Å². The molecule has 4 N–H and O–H groups in total. The van der Waals surface area contributed by atoms with Gasteiger partial charge in [-0.3, -0.25) is 4.79 Å². The molecule has 0 spiro atoms. The Balaban J connectivity index is 2.44. The average Bonchev–Trinajstić information content (AvgIpc) is 2.82. The lowest BCUT2D eigenvalue weighted by Gasteiger charge is -2.15. The van der Waals surface area contributed by atoms with Gasteiger partial charge in [0.1, 0.15) is 21.5 Å². The van der Waals surface area contributed by atoms with E-state index in [0.29, 0.717) is 11.5 Å². The van der Waals surface area contributed by atoms with E-state index >= 15 is 0 Å². The van der Waals surface area contributed by atoms with E-state index in [-0.39, 0.29) is 10.6 Å². The van der Waals surface area contributed by atoms with Crippen LogP contribution in [0.4, 0.5) is 10.7 Å². The van der Waals surface area contributed by atoms with Crippen molar-refractivity contribution in [3.8, 4) is 6.07 Å². The first-order valence-corrected chi connectivity index (χ1v) is 6.23. The van der Waals surface area contributed by atoms with E-state index in [2.05, 4.69) is 17.9 Å². The monoisotopic (exact) mass is 250 g/mol. The molecule has 0 radical (unpaired) electrons. The van der Waals surface area contributed by atoms with Crippen molar-refractivity contribution in [1.29, 1.82) is 5.26 Å². The van der Waals surface area contributed by atoms with Gasteiger partial charge in [0.25, 0.3) is 5.91 Å². The molecule has 1 aliphatic heterocycles. The van der Waals surface area contributed by atoms with E-state index in [1.165, 1.54) is 11.3 Å². The Bertz CT molecular complexity index is 502. The summed E-state index contributed by atoms with van der Waals surface area (Å²) in [5.74, 6) is 0.0318. The molecule has 1 atom stereocenters. The Morgan fingerprint density at radius 3 is 2.82 bits per heavy atom. The molecule has 2 heterocycles. The van der Waals surface area contributed by atoms with Crippen LogP contribution in [0, 0.1) is 17.2 Å². The molecule has 1 aliphatic rings. The third kappa shape index (κ3) is 1.94. The second-order valence-electron chi connectivity index (χ2n) is 4.34. The number of primary amides is 1. The number of carbonyl (C=O) groups excluding carboxylic acids is 1. The van der Waals surface area contributed by atoms with Gasteiger partial charge in [-0.2, -0.15) is 5.26 Å². The molecule has 1 unspecified atom stereocenters. The van der Waals surface area contributed by atoms with Gasteiger partial charge >= 0.3 is 0 Å². The van der Waals surface area contributed by atoms with Crippen LogP contribution in [0.15, 0.2) is 0 Å². The van der Waals surface area contributed by atoms with E-state index in [4.69, 9.17) is 16.7 Å². The van der Waals surface area contributed by atoms with Crippen molar-refractivity contribution >= 4 is 27.9 Å². The van der Waals surface area contributed by atoms with Gasteiger partial charge in [-0.15, -0.1) is 11.3 Å². The molecular formula is C11H14N4OS. The largest absolute Gasteiger partial charge is 0.396 e. The van der Waals surface area contributed by atoms with E-state index in [0.717, 1.165) is 24.5 Å². The number of anilines is 2. The molecule has 1 amide bonds. The topological polar surface area (TPSA) is 96.1 Å². The Labute approximate surface area is 104 Å². The van der Waals surface area contributed by atoms with Crippen molar-refractivity contribution in [3.63, 3.8) is 0 Å². The summed E-state index contributed by atoms with van der Waals surface area (Å²) in [5, 5.41) is 9.90. The van der Waals surface area contributed by atoms with Gasteiger partial charge in [-0.1, -0.05) is 6.92 Å². The Morgan fingerprint density at radius 2 is 2.35 bits per heavy atom. The SMILES string of the molecule is CC1CCN(c2sc(C(N)=O)c(N)c2C#N)C1. The molecule has 1 aromatic heterocycles. The fourth-order valence-corrected chi connectivity index (χ4v) is 3.12. The minimum Gasteiger partial charge on any atom is -0.396 e. The molecule has 0 bridgehead atoms. The van der Waals surface area contributed by atoms with Crippen LogP contribution >= 0.6 is 11.3 Å². The van der Waals surface area contributed by atoms with Crippen LogP contribution < -0.4 is 16.4 Å². The Kier molecular flexibility index (Phi) is 2.94. The third-order valence-corrected chi connectivity index (χ3v) is 4.25. The number of hydrogen-bond donors (Lipinski definition) is 2. The number of rotatable bonds is 2. The number of nitrogens with zero attached hydrogens (tertiary/aromatic N) is 2. The van der Waals surface area contributed by atoms with Crippen LogP contribution in [0.2, 0.25) is 0 Å². The number of carbonyl (C=O) groups is 1. The summed E-state index contributed by atoms with van der Waals surface area (Å²) in [6.07, 6.45) is 1.09. The fourth-order valence-electron chi connectivity index (χ4n) is 2.06. The van der Waals surface area contributed by atoms with Crippen LogP contribution in [-0.2, 0) is 0 Å². The van der Waals surface area contributed by atoms with E-state index in [1.54, 1.807) is 0 Å². The molecule has 0 aromatic carbocycles. The summed E-state index contributed by atoms with van der Waals surface area (Å²) in [5.41, 5.74) is 11.6. The molecule has 90 valence electrons. The first-order chi connectivity index (χ1) is 8.04. The molecule has 6 heteroatoms. The highest BCUT2D eigenvalue weighted by atomic mass is 32.1. The zero-order chi connectivity index (χ0) is 12.6. The number of nitriles is 1. The maximum Gasteiger partial charge on any atom is 0.261 e. The second-order valence-corrected chi connectivity index (χ2v) is 5.34. The smallest absolute Gasteiger partial charge is 0.261 e. The van der Waals surface area contributed by atoms with Crippen LogP contribution in [0.3, 0.4) is 0 Å². The second kappa shape index (κ2) is 4.26. The molecular weight excluding hydrogens is 236 g/mol. The highest BCUT2D eigenvalue weighted by Gasteiger charge is 2.27. The fraction of sp³-hybridized carbons (Fsp3) is 0.455. The van der Waals surface area contributed by atoms with Gasteiger partial charge < -0.3 is 16.4 Å². The van der Waals surface area contributed by atoms with Crippen molar-refractivity contribution in [2.75, 3.05) is 23.7 Å². The molecule has 0 saturated carbocycles. The zero-order valence-electron chi connectivity index (χ0n) is 9.56. The van der Waals surface area contributed by atoms with Crippen molar-refractivity contribution in [3.05, 3.63) is 10.4 Å². The lowest BCUT2D eigenvalue weighted by Crippen LogP contribution is -2.18. The number of amides is 1. The maximum atomic E-state index is 11.2. The van der Waals surface area contributed by atoms with Gasteiger partial charge in [0.2, 0.25) is 0 Å². The Hall–Kier alpha value is -1.74. The lowest BCUT2D eigenvalue weighted by molar-refractivity contribution is 0.100. The first kappa shape index (κ1) is 11.7. The molecule has 2 rings (SSSR count). The summed E-state index contributed by atoms with van der Waals surface area (Å²) in [6.45, 7) is 3.96. The van der Waals surface area contributed by atoms with Crippen molar-refractivity contribution in [1.82, 2.24) is 0 Å². The molecule has 1 saturated heterocycles. The molecule has 1 fully saturated rings. The highest BCUT2D eigenvalue weighted by Crippen LogP contribution is 2.39. The van der Waals surface area contributed by atoms with Gasteiger partial charge in [-0.25, -0.2) is 0 Å². The number of hydrogen-bond acceptors (Lipinski definition) is 5. The molecule has 0 aliphatic carbocycles. The highest BCUT2D eigenvalue weighted by molar-refractivity contribution is 7.19. The van der Waals surface area contributed by atoms with Crippen LogP contribution in [0.25, 0.3) is 0 Å². The van der Waals surface area contributed by atoms with E-state index < -0.39 is 5.91 Å². The van der Waals surface area contributed by atoms with E-state index in [1.807, 2.05) is 0 Å². The predicted molar refractivity (Wildman–Crippen MR) is 68.0 cm³/mol. The number of thiophene rings is 1. The third-order valence-electron chi connectivity index (χ3n) is 2.97. The molecule has 17 heavy (non-hydrogen) atoms. The summed E-state index contributed by atoms with van der Waals surface area (Å²) in [6, 6.07) is 2.07. The van der Waals surface area contributed by atoms with Crippen molar-refractivity contribution in [2.45, 2.75) is 13.3 Å². The summed E-state index contributed by atoms with van der Waals surface area (Å²) in [4.78, 5) is 13.6. The molecule has 5 nitrogen and oxygen atoms in total. The molecule has 1 aromatic rings. The van der Waals surface area contributed by atoms with Crippen LogP contribution in [0.5, 0.6) is 0 Å². The summed E-state index contributed by atoms with van der Waals surface area (Å²) >= 11 is 1.22. The van der Waals surface area contributed by atoms with E-state index in [9.17, 15) is 4.79 Å². The van der Waals surface area contributed by atoms with Crippen molar-refractivity contribution < 1.29 is 4.79 Å². The average molecular weight is 250 g/mol. The van der Waals surface area contributed by atoms with Gasteiger partial charge in [0, 0.05) is 13.1 Å². The van der Waals surface area contributed by atoms with Gasteiger partial charge in [-0.05, 0) is 12.3 Å². The summed E-state index contributed by atoms with van der Waals surface area (Å²) < 4.78 is 0. The van der Waals surface area contributed by atoms with Gasteiger partial charge in [0.15, 0.2) is 0 Å². The minimum atomic E-state index is -0.567. The number of nitrogens with two attached hydrogens (primary N) is 2. The predicted octanol–water partition coefficient (Wildman–Crippen LogP) is 1.15. The standard InChI is InChI=1S/C11H14N4OS/c1-6-2-3-15(5-6)11-7(4-12)8(13)9(17-11)10(14)16/h6H,2-3,5,13H2,1H3,(H2,14,16). The quantitative estimate of drug-likeness (QED) is 0.822. The first-order valence-electron chi connectivity index (χ1n) is 5.41. The van der Waals surface area contributed by atoms with Crippen molar-refractivity contribution in [2.24, 2.45) is 11.7 Å².